The van der Waals surface area contributed by atoms with Crippen molar-refractivity contribution >= 4 is 6.09 Å². The molecule has 2 aliphatic rings. The van der Waals surface area contributed by atoms with E-state index in [-0.39, 0.29) is 11.7 Å². The highest BCUT2D eigenvalue weighted by atomic mass is 16.6. The minimum absolute atomic E-state index is 0.0974. The maximum Gasteiger partial charge on any atom is 0.409 e. The van der Waals surface area contributed by atoms with Gasteiger partial charge in [0.25, 0.3) is 0 Å². The second-order valence-corrected chi connectivity index (χ2v) is 4.78. The molecular weight excluding hydrogens is 206 g/mol. The van der Waals surface area contributed by atoms with Gasteiger partial charge in [-0.25, -0.2) is 4.79 Å². The molecule has 2 heterocycles. The Morgan fingerprint density at radius 2 is 2.12 bits per heavy atom. The number of rotatable bonds is 3. The van der Waals surface area contributed by atoms with E-state index >= 15 is 0 Å². The molecule has 1 spiro atoms. The summed E-state index contributed by atoms with van der Waals surface area (Å²) in [7, 11) is 0. The van der Waals surface area contributed by atoms with E-state index in [9.17, 15) is 4.79 Å². The number of unbranched alkanes of at least 4 members (excludes halogenated alkanes) is 1. The second kappa shape index (κ2) is 4.62. The molecule has 16 heavy (non-hydrogen) atoms. The molecule has 92 valence electrons. The molecule has 1 unspecified atom stereocenters. The van der Waals surface area contributed by atoms with E-state index in [2.05, 4.69) is 13.8 Å². The van der Waals surface area contributed by atoms with Gasteiger partial charge in [-0.2, -0.15) is 0 Å². The van der Waals surface area contributed by atoms with E-state index in [1.807, 2.05) is 0 Å². The monoisotopic (exact) mass is 227 g/mol. The Bertz CT molecular complexity index is 259. The largest absolute Gasteiger partial charge is 0.449 e. The lowest BCUT2D eigenvalue weighted by atomic mass is 9.94. The molecule has 2 saturated heterocycles. The first kappa shape index (κ1) is 11.7. The van der Waals surface area contributed by atoms with Gasteiger partial charge in [-0.1, -0.05) is 13.3 Å². The molecule has 0 radical (unpaired) electrons. The van der Waals surface area contributed by atoms with E-state index in [0.717, 1.165) is 38.8 Å². The normalized spacial score (nSPS) is 26.9. The minimum Gasteiger partial charge on any atom is -0.449 e. The molecular formula is C12H21NO3. The van der Waals surface area contributed by atoms with Gasteiger partial charge in [0.15, 0.2) is 0 Å². The smallest absolute Gasteiger partial charge is 0.409 e. The quantitative estimate of drug-likeness (QED) is 0.548. The zero-order chi connectivity index (χ0) is 11.6. The molecule has 2 rings (SSSR count). The Kier molecular flexibility index (Phi) is 3.38. The summed E-state index contributed by atoms with van der Waals surface area (Å²) in [6.07, 6.45) is 4.14. The highest BCUT2D eigenvalue weighted by molar-refractivity contribution is 5.67. The van der Waals surface area contributed by atoms with Gasteiger partial charge in [0.05, 0.1) is 18.3 Å². The molecule has 2 fully saturated rings. The van der Waals surface area contributed by atoms with Gasteiger partial charge in [-0.15, -0.1) is 0 Å². The third kappa shape index (κ3) is 2.32. The van der Waals surface area contributed by atoms with Crippen LogP contribution in [0.5, 0.6) is 0 Å². The van der Waals surface area contributed by atoms with Crippen LogP contribution in [-0.4, -0.2) is 42.4 Å². The Hall–Kier alpha value is -0.770. The first-order valence-electron chi connectivity index (χ1n) is 6.27. The number of carbonyl (C=O) groups is 1. The number of piperidine rings is 1. The molecule has 0 aromatic carbocycles. The first-order chi connectivity index (χ1) is 7.68. The summed E-state index contributed by atoms with van der Waals surface area (Å²) < 4.78 is 10.8. The number of amides is 1. The van der Waals surface area contributed by atoms with E-state index in [0.29, 0.717) is 12.7 Å². The van der Waals surface area contributed by atoms with Crippen LogP contribution in [0.3, 0.4) is 0 Å². The predicted molar refractivity (Wildman–Crippen MR) is 60.3 cm³/mol. The minimum atomic E-state index is -0.156. The van der Waals surface area contributed by atoms with Gasteiger partial charge in [-0.05, 0) is 26.2 Å². The number of ether oxygens (including phenoxy) is 2. The fourth-order valence-electron chi connectivity index (χ4n) is 2.31. The van der Waals surface area contributed by atoms with Crippen molar-refractivity contribution in [2.45, 2.75) is 51.2 Å². The summed E-state index contributed by atoms with van der Waals surface area (Å²) in [5, 5.41) is 0. The Labute approximate surface area is 96.9 Å². The maximum absolute atomic E-state index is 11.6. The van der Waals surface area contributed by atoms with Gasteiger partial charge in [0, 0.05) is 13.1 Å². The van der Waals surface area contributed by atoms with E-state index in [1.54, 1.807) is 4.90 Å². The molecule has 0 aliphatic carbocycles. The zero-order valence-corrected chi connectivity index (χ0v) is 10.2. The summed E-state index contributed by atoms with van der Waals surface area (Å²) in [5.41, 5.74) is 0.0974. The maximum atomic E-state index is 11.6. The SMILES string of the molecule is CCCCOC(=O)N1CCC2(CC1)OC2C. The topological polar surface area (TPSA) is 42.1 Å². The fourth-order valence-corrected chi connectivity index (χ4v) is 2.31. The Morgan fingerprint density at radius 1 is 1.50 bits per heavy atom. The highest BCUT2D eigenvalue weighted by Crippen LogP contribution is 2.44. The van der Waals surface area contributed by atoms with Gasteiger partial charge in [0.1, 0.15) is 0 Å². The summed E-state index contributed by atoms with van der Waals surface area (Å²) in [4.78, 5) is 13.4. The van der Waals surface area contributed by atoms with Crippen LogP contribution in [0.25, 0.3) is 0 Å². The fraction of sp³-hybridized carbons (Fsp3) is 0.917. The van der Waals surface area contributed by atoms with E-state index in [4.69, 9.17) is 9.47 Å². The summed E-state index contributed by atoms with van der Waals surface area (Å²) >= 11 is 0. The van der Waals surface area contributed by atoms with Crippen LogP contribution in [0.4, 0.5) is 4.79 Å². The Morgan fingerprint density at radius 3 is 2.62 bits per heavy atom. The van der Waals surface area contributed by atoms with Gasteiger partial charge in [-0.3, -0.25) is 0 Å². The standard InChI is InChI=1S/C12H21NO3/c1-3-4-9-15-11(14)13-7-5-12(6-8-13)10(2)16-12/h10H,3-9H2,1-2H3. The lowest BCUT2D eigenvalue weighted by Crippen LogP contribution is -2.42. The lowest BCUT2D eigenvalue weighted by Gasteiger charge is -2.29. The molecule has 0 saturated carbocycles. The average molecular weight is 227 g/mol. The molecule has 1 amide bonds. The molecule has 0 N–H and O–H groups in total. The highest BCUT2D eigenvalue weighted by Gasteiger charge is 2.54. The van der Waals surface area contributed by atoms with Crippen molar-refractivity contribution in [2.75, 3.05) is 19.7 Å². The van der Waals surface area contributed by atoms with Crippen molar-refractivity contribution in [2.24, 2.45) is 0 Å². The van der Waals surface area contributed by atoms with Crippen LogP contribution in [-0.2, 0) is 9.47 Å². The number of carbonyl (C=O) groups excluding carboxylic acids is 1. The Balaban J connectivity index is 1.70. The lowest BCUT2D eigenvalue weighted by molar-refractivity contribution is 0.0805. The van der Waals surface area contributed by atoms with Crippen molar-refractivity contribution in [3.05, 3.63) is 0 Å². The average Bonchev–Trinajstić information content (AvgIpc) is 2.90. The molecule has 0 bridgehead atoms. The number of likely N-dealkylation sites (tertiary alicyclic amines) is 1. The van der Waals surface area contributed by atoms with Crippen LogP contribution >= 0.6 is 0 Å². The molecule has 1 atom stereocenters. The third-order valence-electron chi connectivity index (χ3n) is 3.69. The summed E-state index contributed by atoms with van der Waals surface area (Å²) in [5.74, 6) is 0. The number of epoxide rings is 1. The third-order valence-corrected chi connectivity index (χ3v) is 3.69. The van der Waals surface area contributed by atoms with Gasteiger partial charge < -0.3 is 14.4 Å². The molecule has 0 aromatic rings. The van der Waals surface area contributed by atoms with Gasteiger partial charge in [0.2, 0.25) is 0 Å². The van der Waals surface area contributed by atoms with Crippen LogP contribution < -0.4 is 0 Å². The van der Waals surface area contributed by atoms with Crippen molar-refractivity contribution in [1.29, 1.82) is 0 Å². The zero-order valence-electron chi connectivity index (χ0n) is 10.2. The molecule has 0 aromatic heterocycles. The van der Waals surface area contributed by atoms with E-state index in [1.165, 1.54) is 0 Å². The molecule has 4 nitrogen and oxygen atoms in total. The number of hydrogen-bond donors (Lipinski definition) is 0. The predicted octanol–water partition coefficient (Wildman–Crippen LogP) is 2.18. The van der Waals surface area contributed by atoms with Crippen LogP contribution in [0.15, 0.2) is 0 Å². The molecule has 2 aliphatic heterocycles. The van der Waals surface area contributed by atoms with Crippen molar-refractivity contribution in [3.63, 3.8) is 0 Å². The van der Waals surface area contributed by atoms with Crippen molar-refractivity contribution < 1.29 is 14.3 Å². The summed E-state index contributed by atoms with van der Waals surface area (Å²) in [6, 6.07) is 0. The summed E-state index contributed by atoms with van der Waals surface area (Å²) in [6.45, 7) is 6.29. The van der Waals surface area contributed by atoms with Crippen molar-refractivity contribution in [1.82, 2.24) is 4.90 Å². The van der Waals surface area contributed by atoms with Gasteiger partial charge >= 0.3 is 6.09 Å². The van der Waals surface area contributed by atoms with E-state index < -0.39 is 0 Å². The number of hydrogen-bond acceptors (Lipinski definition) is 3. The van der Waals surface area contributed by atoms with Crippen LogP contribution in [0.1, 0.15) is 39.5 Å². The molecule has 4 heteroatoms. The first-order valence-corrected chi connectivity index (χ1v) is 6.27. The number of nitrogens with zero attached hydrogens (tertiary/aromatic N) is 1. The second-order valence-electron chi connectivity index (χ2n) is 4.78. The van der Waals surface area contributed by atoms with Crippen LogP contribution in [0.2, 0.25) is 0 Å². The van der Waals surface area contributed by atoms with Crippen molar-refractivity contribution in [3.8, 4) is 0 Å². The van der Waals surface area contributed by atoms with Crippen LogP contribution in [0, 0.1) is 0 Å².